The fourth-order valence-corrected chi connectivity index (χ4v) is 8.38. The second-order valence-electron chi connectivity index (χ2n) is 15.4. The monoisotopic (exact) mass is 788 g/mol. The van der Waals surface area contributed by atoms with Crippen LogP contribution in [0, 0.1) is 11.7 Å². The van der Waals surface area contributed by atoms with E-state index in [4.69, 9.17) is 4.74 Å². The Morgan fingerprint density at radius 3 is 1.97 bits per heavy atom. The third kappa shape index (κ3) is 8.27. The summed E-state index contributed by atoms with van der Waals surface area (Å²) < 4.78 is 21.3. The minimum atomic E-state index is -0.894. The Morgan fingerprint density at radius 1 is 0.810 bits per heavy atom. The molecule has 0 saturated carbocycles. The van der Waals surface area contributed by atoms with Gasteiger partial charge in [0.15, 0.2) is 6.10 Å². The van der Waals surface area contributed by atoms with E-state index in [1.165, 1.54) is 13.1 Å². The van der Waals surface area contributed by atoms with Crippen molar-refractivity contribution in [1.29, 1.82) is 0 Å². The van der Waals surface area contributed by atoms with Crippen LogP contribution in [-0.4, -0.2) is 91.9 Å². The highest BCUT2D eigenvalue weighted by atomic mass is 19.1. The summed E-state index contributed by atoms with van der Waals surface area (Å²) in [5, 5.41) is 2.43. The highest BCUT2D eigenvalue weighted by Crippen LogP contribution is 2.37. The Morgan fingerprint density at radius 2 is 1.38 bits per heavy atom. The summed E-state index contributed by atoms with van der Waals surface area (Å²) in [5.41, 5.74) is 5.22. The SMILES string of the molecule is CCN(CC)[C@@H](C(=O)N1CCC[C@H]1c1ncc(-c2ccc(-c3ccc(-c4cnc([C@@H]5CCCN5C(=O)[C@@H](OC(=O)NC)C(C)C)[nH]4)cc3)cc2F)[nH]1)c1ccccc1. The molecule has 2 saturated heterocycles. The van der Waals surface area contributed by atoms with Gasteiger partial charge in [0.1, 0.15) is 23.5 Å². The van der Waals surface area contributed by atoms with E-state index >= 15 is 4.39 Å². The van der Waals surface area contributed by atoms with Crippen molar-refractivity contribution in [3.8, 4) is 33.6 Å². The van der Waals surface area contributed by atoms with Crippen molar-refractivity contribution < 1.29 is 23.5 Å². The number of nitrogens with one attached hydrogen (secondary N) is 3. The number of likely N-dealkylation sites (N-methyl/N-ethyl adjacent to an activating group) is 1. The van der Waals surface area contributed by atoms with Gasteiger partial charge in [-0.15, -0.1) is 0 Å². The van der Waals surface area contributed by atoms with Crippen molar-refractivity contribution in [1.82, 2.24) is 40.0 Å². The predicted molar refractivity (Wildman–Crippen MR) is 221 cm³/mol. The van der Waals surface area contributed by atoms with Crippen LogP contribution >= 0.6 is 0 Å². The van der Waals surface area contributed by atoms with Crippen LogP contribution < -0.4 is 5.32 Å². The van der Waals surface area contributed by atoms with E-state index in [-0.39, 0.29) is 41.7 Å². The lowest BCUT2D eigenvalue weighted by Gasteiger charge is -2.34. The molecular weight excluding hydrogens is 736 g/mol. The Hall–Kier alpha value is -5.82. The van der Waals surface area contributed by atoms with E-state index in [9.17, 15) is 14.4 Å². The average Bonchev–Trinajstić information content (AvgIpc) is 4.09. The van der Waals surface area contributed by atoms with E-state index in [2.05, 4.69) is 44.0 Å². The van der Waals surface area contributed by atoms with Gasteiger partial charge >= 0.3 is 6.09 Å². The van der Waals surface area contributed by atoms with Gasteiger partial charge in [0.2, 0.25) is 5.91 Å². The third-order valence-electron chi connectivity index (χ3n) is 11.5. The molecule has 3 aromatic carbocycles. The maximum atomic E-state index is 15.8. The van der Waals surface area contributed by atoms with Gasteiger partial charge in [-0.1, -0.05) is 88.4 Å². The van der Waals surface area contributed by atoms with E-state index in [0.29, 0.717) is 36.0 Å². The Balaban J connectivity index is 1.03. The summed E-state index contributed by atoms with van der Waals surface area (Å²) >= 11 is 0. The van der Waals surface area contributed by atoms with Gasteiger partial charge in [-0.05, 0) is 79.1 Å². The molecule has 304 valence electrons. The van der Waals surface area contributed by atoms with Crippen molar-refractivity contribution in [3.05, 3.63) is 108 Å². The lowest BCUT2D eigenvalue weighted by atomic mass is 10.0. The lowest BCUT2D eigenvalue weighted by molar-refractivity contribution is -0.143. The number of nitrogens with zero attached hydrogens (tertiary/aromatic N) is 5. The van der Waals surface area contributed by atoms with Crippen LogP contribution in [0.25, 0.3) is 33.6 Å². The number of hydrogen-bond acceptors (Lipinski definition) is 7. The summed E-state index contributed by atoms with van der Waals surface area (Å²) in [6, 6.07) is 22.1. The Labute approximate surface area is 339 Å². The van der Waals surface area contributed by atoms with Crippen molar-refractivity contribution in [2.24, 2.45) is 5.92 Å². The zero-order chi connectivity index (χ0) is 40.9. The number of halogens is 1. The van der Waals surface area contributed by atoms with Gasteiger partial charge in [-0.25, -0.2) is 19.2 Å². The van der Waals surface area contributed by atoms with Crippen LogP contribution in [0.5, 0.6) is 0 Å². The largest absolute Gasteiger partial charge is 0.436 e. The number of likely N-dealkylation sites (tertiary alicyclic amines) is 2. The summed E-state index contributed by atoms with van der Waals surface area (Å²) in [5.74, 6) is 0.595. The predicted octanol–water partition coefficient (Wildman–Crippen LogP) is 8.06. The summed E-state index contributed by atoms with van der Waals surface area (Å²) in [7, 11) is 1.47. The number of carbonyl (C=O) groups excluding carboxylic acids is 3. The summed E-state index contributed by atoms with van der Waals surface area (Å²) in [4.78, 5) is 61.6. The van der Waals surface area contributed by atoms with Gasteiger partial charge in [0.05, 0.1) is 35.9 Å². The molecule has 5 aromatic rings. The van der Waals surface area contributed by atoms with E-state index < -0.39 is 12.2 Å². The fraction of sp³-hybridized carbons (Fsp3) is 0.400. The van der Waals surface area contributed by atoms with E-state index in [1.54, 1.807) is 23.4 Å². The number of aromatic nitrogens is 4. The van der Waals surface area contributed by atoms with Gasteiger partial charge in [0, 0.05) is 25.7 Å². The minimum Gasteiger partial charge on any atom is -0.436 e. The number of imidazole rings is 2. The molecule has 4 heterocycles. The highest BCUT2D eigenvalue weighted by molar-refractivity contribution is 5.85. The first kappa shape index (κ1) is 40.4. The molecule has 7 rings (SSSR count). The van der Waals surface area contributed by atoms with Crippen LogP contribution in [0.2, 0.25) is 0 Å². The lowest BCUT2D eigenvalue weighted by Crippen LogP contribution is -2.45. The number of H-pyrrole nitrogens is 2. The molecular formula is C45H53FN8O4. The molecule has 3 amide bonds. The molecule has 13 heteroatoms. The molecule has 12 nitrogen and oxygen atoms in total. The number of ether oxygens (including phenoxy) is 1. The smallest absolute Gasteiger partial charge is 0.407 e. The Bertz CT molecular complexity index is 2200. The molecule has 3 N–H and O–H groups in total. The van der Waals surface area contributed by atoms with Crippen molar-refractivity contribution in [2.75, 3.05) is 33.2 Å². The number of rotatable bonds is 13. The van der Waals surface area contributed by atoms with Crippen LogP contribution in [-0.2, 0) is 14.3 Å². The maximum absolute atomic E-state index is 15.8. The van der Waals surface area contributed by atoms with Gasteiger partial charge < -0.3 is 29.8 Å². The average molecular weight is 789 g/mol. The van der Waals surface area contributed by atoms with Gasteiger partial charge in [-0.2, -0.15) is 0 Å². The number of hydrogen-bond donors (Lipinski definition) is 3. The molecule has 2 aliphatic rings. The topological polar surface area (TPSA) is 140 Å². The van der Waals surface area contributed by atoms with Crippen LogP contribution in [0.15, 0.2) is 85.2 Å². The first-order valence-corrected chi connectivity index (χ1v) is 20.4. The third-order valence-corrected chi connectivity index (χ3v) is 11.5. The molecule has 0 spiro atoms. The molecule has 58 heavy (non-hydrogen) atoms. The molecule has 0 bridgehead atoms. The van der Waals surface area contributed by atoms with Gasteiger partial charge in [0.25, 0.3) is 5.91 Å². The number of amides is 3. The van der Waals surface area contributed by atoms with E-state index in [0.717, 1.165) is 66.7 Å². The first-order valence-electron chi connectivity index (χ1n) is 20.4. The molecule has 0 unspecified atom stereocenters. The molecule has 2 fully saturated rings. The first-order chi connectivity index (χ1) is 28.1. The number of aromatic amines is 2. The molecule has 2 aliphatic heterocycles. The van der Waals surface area contributed by atoms with E-state index in [1.807, 2.05) is 79.4 Å². The second-order valence-corrected chi connectivity index (χ2v) is 15.4. The van der Waals surface area contributed by atoms with Crippen molar-refractivity contribution in [2.45, 2.75) is 77.6 Å². The number of carbonyl (C=O) groups is 3. The summed E-state index contributed by atoms with van der Waals surface area (Å²) in [6.45, 7) is 10.6. The van der Waals surface area contributed by atoms with Gasteiger partial charge in [-0.3, -0.25) is 14.5 Å². The second kappa shape index (κ2) is 17.8. The Kier molecular flexibility index (Phi) is 12.4. The fourth-order valence-electron chi connectivity index (χ4n) is 8.38. The van der Waals surface area contributed by atoms with Crippen LogP contribution in [0.1, 0.15) is 88.7 Å². The van der Waals surface area contributed by atoms with Crippen molar-refractivity contribution in [3.63, 3.8) is 0 Å². The highest BCUT2D eigenvalue weighted by Gasteiger charge is 2.39. The summed E-state index contributed by atoms with van der Waals surface area (Å²) in [6.07, 6.45) is 5.09. The molecule has 0 radical (unpaired) electrons. The molecule has 2 aromatic heterocycles. The zero-order valence-corrected chi connectivity index (χ0v) is 33.9. The molecule has 0 aliphatic carbocycles. The van der Waals surface area contributed by atoms with Crippen molar-refractivity contribution >= 4 is 17.9 Å². The van der Waals surface area contributed by atoms with Crippen LogP contribution in [0.4, 0.5) is 9.18 Å². The minimum absolute atomic E-state index is 0.0584. The standard InChI is InChI=1S/C45H53FN8O4/c1-6-52(7-2)39(31-13-9-8-10-14-31)43(55)53-23-11-15-37(53)42-49-27-36(51-42)33-22-21-32(25-34(33)46)29-17-19-30(20-18-29)35-26-48-41(50-35)38-16-12-24-54(38)44(56)40(28(3)4)58-45(57)47-5/h8-10,13-14,17-22,25-28,37-40H,6-7,11-12,15-16,23-24H2,1-5H3,(H,47,57)(H,48,50)(H,49,51)/t37-,38-,39+,40-/m0/s1. The number of alkyl carbamates (subject to hydrolysis) is 1. The zero-order valence-electron chi connectivity index (χ0n) is 33.9. The van der Waals surface area contributed by atoms with Crippen LogP contribution in [0.3, 0.4) is 0 Å². The quantitative estimate of drug-likeness (QED) is 0.110. The molecule has 4 atom stereocenters. The normalized spacial score (nSPS) is 17.9. The maximum Gasteiger partial charge on any atom is 0.407 e. The number of benzene rings is 3.